The van der Waals surface area contributed by atoms with Crippen molar-refractivity contribution in [1.29, 1.82) is 0 Å². The van der Waals surface area contributed by atoms with Gasteiger partial charge in [-0.15, -0.1) is 0 Å². The first-order valence-electron chi connectivity index (χ1n) is 3.38. The fourth-order valence-corrected chi connectivity index (χ4v) is 1.64. The molecule has 0 bridgehead atoms. The Morgan fingerprint density at radius 3 is 2.50 bits per heavy atom. The summed E-state index contributed by atoms with van der Waals surface area (Å²) in [4.78, 5) is 8.02. The molecule has 2 N–H and O–H groups in total. The van der Waals surface area contributed by atoms with Crippen LogP contribution in [0.5, 0.6) is 5.75 Å². The van der Waals surface area contributed by atoms with Crippen molar-refractivity contribution < 1.29 is 27.0 Å². The van der Waals surface area contributed by atoms with E-state index in [-0.39, 0.29) is 5.75 Å². The number of rotatable bonds is 3. The normalized spacial score (nSPS) is 13.6. The molecule has 14 heavy (non-hydrogen) atoms. The van der Waals surface area contributed by atoms with Gasteiger partial charge in [-0.1, -0.05) is 6.07 Å². The summed E-state index contributed by atoms with van der Waals surface area (Å²) in [6.07, 6.45) is 0. The Labute approximate surface area is 80.8 Å². The zero-order chi connectivity index (χ0) is 10.8. The summed E-state index contributed by atoms with van der Waals surface area (Å²) in [6, 6.07) is 4.67. The SMILES string of the molecule is O=[PH](O)Oc1cccc(S(=O)(=O)O)c1. The minimum atomic E-state index is -4.31. The Bertz CT molecular complexity index is 453. The Balaban J connectivity index is 3.08. The Hall–Kier alpha value is -0.880. The highest BCUT2D eigenvalue weighted by molar-refractivity contribution is 7.85. The lowest BCUT2D eigenvalue weighted by Gasteiger charge is -2.02. The minimum absolute atomic E-state index is 0.0912. The molecule has 0 aliphatic heterocycles. The van der Waals surface area contributed by atoms with Crippen molar-refractivity contribution in [2.45, 2.75) is 4.90 Å². The van der Waals surface area contributed by atoms with Gasteiger partial charge in [-0.3, -0.25) is 4.55 Å². The molecule has 1 aromatic rings. The summed E-state index contributed by atoms with van der Waals surface area (Å²) in [5.41, 5.74) is 0. The summed E-state index contributed by atoms with van der Waals surface area (Å²) in [6.45, 7) is 0. The molecular formula is C6H7O6PS. The number of hydrogen-bond acceptors (Lipinski definition) is 4. The maximum atomic E-state index is 10.6. The van der Waals surface area contributed by atoms with E-state index in [4.69, 9.17) is 9.45 Å². The van der Waals surface area contributed by atoms with Gasteiger partial charge in [0.25, 0.3) is 10.1 Å². The molecule has 0 fully saturated rings. The Kier molecular flexibility index (Phi) is 3.28. The molecule has 0 amide bonds. The number of hydrogen-bond donors (Lipinski definition) is 2. The van der Waals surface area contributed by atoms with Crippen LogP contribution in [0, 0.1) is 0 Å². The third kappa shape index (κ3) is 3.12. The van der Waals surface area contributed by atoms with E-state index in [1.807, 2.05) is 0 Å². The van der Waals surface area contributed by atoms with Crippen LogP contribution >= 0.6 is 8.25 Å². The molecule has 0 spiro atoms. The first-order valence-corrected chi connectivity index (χ1v) is 6.08. The molecule has 1 atom stereocenters. The zero-order valence-corrected chi connectivity index (χ0v) is 8.56. The van der Waals surface area contributed by atoms with Gasteiger partial charge in [0.05, 0.1) is 4.90 Å². The third-order valence-electron chi connectivity index (χ3n) is 1.31. The fraction of sp³-hybridized carbons (Fsp3) is 0. The van der Waals surface area contributed by atoms with Crippen molar-refractivity contribution in [3.8, 4) is 5.75 Å². The average Bonchev–Trinajstić information content (AvgIpc) is 2.01. The highest BCUT2D eigenvalue weighted by Gasteiger charge is 2.10. The van der Waals surface area contributed by atoms with Crippen LogP contribution in [0.3, 0.4) is 0 Å². The lowest BCUT2D eigenvalue weighted by molar-refractivity contribution is 0.409. The van der Waals surface area contributed by atoms with Crippen LogP contribution in [0.15, 0.2) is 29.2 Å². The van der Waals surface area contributed by atoms with Crippen LogP contribution in [0.1, 0.15) is 0 Å². The molecule has 6 nitrogen and oxygen atoms in total. The van der Waals surface area contributed by atoms with Crippen LogP contribution in [0.4, 0.5) is 0 Å². The molecule has 1 unspecified atom stereocenters. The van der Waals surface area contributed by atoms with Crippen molar-refractivity contribution in [2.24, 2.45) is 0 Å². The summed E-state index contributed by atoms with van der Waals surface area (Å²) >= 11 is 0. The van der Waals surface area contributed by atoms with E-state index in [0.29, 0.717) is 0 Å². The van der Waals surface area contributed by atoms with E-state index in [0.717, 1.165) is 12.1 Å². The molecule has 0 saturated heterocycles. The van der Waals surface area contributed by atoms with Crippen molar-refractivity contribution >= 4 is 18.4 Å². The van der Waals surface area contributed by atoms with Crippen LogP contribution < -0.4 is 4.52 Å². The maximum absolute atomic E-state index is 10.6. The van der Waals surface area contributed by atoms with Crippen molar-refractivity contribution in [3.05, 3.63) is 24.3 Å². The lowest BCUT2D eigenvalue weighted by Crippen LogP contribution is -1.97. The van der Waals surface area contributed by atoms with E-state index in [1.165, 1.54) is 12.1 Å². The predicted molar refractivity (Wildman–Crippen MR) is 48.1 cm³/mol. The molecule has 78 valence electrons. The second-order valence-electron chi connectivity index (χ2n) is 2.32. The molecule has 0 heterocycles. The topological polar surface area (TPSA) is 101 Å². The standard InChI is InChI=1S/C6H7O6PS/c7-13(8)12-5-2-1-3-6(4-5)14(9,10)11/h1-4,13H,(H,7,8)(H,9,10,11). The second kappa shape index (κ2) is 4.10. The van der Waals surface area contributed by atoms with Crippen LogP contribution in [0.25, 0.3) is 0 Å². The van der Waals surface area contributed by atoms with Gasteiger partial charge in [0.15, 0.2) is 0 Å². The molecule has 0 radical (unpaired) electrons. The highest BCUT2D eigenvalue weighted by Crippen LogP contribution is 2.24. The quantitative estimate of drug-likeness (QED) is 0.593. The smallest absolute Gasteiger partial charge is 0.365 e. The predicted octanol–water partition coefficient (Wildman–Crippen LogP) is 0.694. The van der Waals surface area contributed by atoms with Gasteiger partial charge < -0.3 is 9.42 Å². The fourth-order valence-electron chi connectivity index (χ4n) is 0.799. The maximum Gasteiger partial charge on any atom is 0.365 e. The zero-order valence-electron chi connectivity index (χ0n) is 6.75. The molecule has 1 aromatic carbocycles. The second-order valence-corrected chi connectivity index (χ2v) is 4.48. The van der Waals surface area contributed by atoms with E-state index in [9.17, 15) is 13.0 Å². The van der Waals surface area contributed by atoms with E-state index in [2.05, 4.69) is 4.52 Å². The van der Waals surface area contributed by atoms with Gasteiger partial charge in [0.2, 0.25) is 0 Å². The largest absolute Gasteiger partial charge is 0.426 e. The molecule has 0 aliphatic rings. The van der Waals surface area contributed by atoms with Crippen LogP contribution in [-0.4, -0.2) is 17.9 Å². The first kappa shape index (κ1) is 11.2. The third-order valence-corrected chi connectivity index (χ3v) is 2.57. The monoisotopic (exact) mass is 238 g/mol. The van der Waals surface area contributed by atoms with Gasteiger partial charge in [-0.05, 0) is 12.1 Å². The number of benzene rings is 1. The minimum Gasteiger partial charge on any atom is -0.426 e. The molecule has 8 heteroatoms. The summed E-state index contributed by atoms with van der Waals surface area (Å²) in [5.74, 6) is -0.0912. The van der Waals surface area contributed by atoms with Crippen molar-refractivity contribution in [3.63, 3.8) is 0 Å². The Morgan fingerprint density at radius 1 is 1.36 bits per heavy atom. The first-order chi connectivity index (χ1) is 6.39. The van der Waals surface area contributed by atoms with E-state index in [1.54, 1.807) is 0 Å². The molecule has 1 rings (SSSR count). The molecular weight excluding hydrogens is 231 g/mol. The van der Waals surface area contributed by atoms with Crippen LogP contribution in [0.2, 0.25) is 0 Å². The highest BCUT2D eigenvalue weighted by atomic mass is 32.2. The van der Waals surface area contributed by atoms with Crippen molar-refractivity contribution in [2.75, 3.05) is 0 Å². The van der Waals surface area contributed by atoms with Gasteiger partial charge in [-0.2, -0.15) is 8.42 Å². The van der Waals surface area contributed by atoms with Crippen molar-refractivity contribution in [1.82, 2.24) is 0 Å². The average molecular weight is 238 g/mol. The van der Waals surface area contributed by atoms with Gasteiger partial charge in [0.1, 0.15) is 5.75 Å². The Morgan fingerprint density at radius 2 is 2.00 bits per heavy atom. The summed E-state index contributed by atoms with van der Waals surface area (Å²) < 4.78 is 44.6. The lowest BCUT2D eigenvalue weighted by atomic mass is 10.3. The molecule has 0 aliphatic carbocycles. The summed E-state index contributed by atoms with van der Waals surface area (Å²) in [5, 5.41) is 0. The van der Waals surface area contributed by atoms with Gasteiger partial charge >= 0.3 is 8.25 Å². The molecule has 0 aromatic heterocycles. The molecule has 0 saturated carbocycles. The van der Waals surface area contributed by atoms with Gasteiger partial charge in [-0.25, -0.2) is 4.57 Å². The van der Waals surface area contributed by atoms with Crippen LogP contribution in [-0.2, 0) is 14.7 Å². The van der Waals surface area contributed by atoms with Gasteiger partial charge in [0, 0.05) is 6.07 Å². The van der Waals surface area contributed by atoms with E-state index >= 15 is 0 Å². The van der Waals surface area contributed by atoms with E-state index < -0.39 is 23.3 Å². The summed E-state index contributed by atoms with van der Waals surface area (Å²) in [7, 11) is -7.49.